The first kappa shape index (κ1) is 31.2. The van der Waals surface area contributed by atoms with Gasteiger partial charge in [0.15, 0.2) is 0 Å². The van der Waals surface area contributed by atoms with Crippen LogP contribution in [0.5, 0.6) is 0 Å². The maximum absolute atomic E-state index is 13.9. The molecule has 36 heavy (non-hydrogen) atoms. The minimum absolute atomic E-state index is 0.237. The van der Waals surface area contributed by atoms with Crippen LogP contribution in [0.1, 0.15) is 98.2 Å². The lowest BCUT2D eigenvalue weighted by Crippen LogP contribution is -2.54. The van der Waals surface area contributed by atoms with Gasteiger partial charge in [0.2, 0.25) is 11.8 Å². The SMILES string of the molecule is C=Cc1cccc(C(C(=O)NCCCC)N(C(=O)C(C)NC(=O)OC(C)(C)C)C(C)CCC(C)C)c1. The largest absolute Gasteiger partial charge is 0.444 e. The second-order valence-corrected chi connectivity index (χ2v) is 10.9. The Labute approximate surface area is 218 Å². The summed E-state index contributed by atoms with van der Waals surface area (Å²) in [5.74, 6) is -0.127. The maximum Gasteiger partial charge on any atom is 0.408 e. The molecule has 7 nitrogen and oxygen atoms in total. The average Bonchev–Trinajstić information content (AvgIpc) is 2.79. The zero-order valence-electron chi connectivity index (χ0n) is 23.5. The van der Waals surface area contributed by atoms with Crippen LogP contribution in [0.4, 0.5) is 4.79 Å². The number of amides is 3. The molecule has 1 rings (SSSR count). The van der Waals surface area contributed by atoms with Gasteiger partial charge in [0, 0.05) is 12.6 Å². The van der Waals surface area contributed by atoms with Crippen molar-refractivity contribution in [3.8, 4) is 0 Å². The number of hydrogen-bond donors (Lipinski definition) is 2. The molecule has 202 valence electrons. The third-order valence-electron chi connectivity index (χ3n) is 5.81. The van der Waals surface area contributed by atoms with E-state index in [1.54, 1.807) is 38.7 Å². The quantitative estimate of drug-likeness (QED) is 0.332. The van der Waals surface area contributed by atoms with E-state index in [0.29, 0.717) is 18.0 Å². The van der Waals surface area contributed by atoms with E-state index in [4.69, 9.17) is 4.74 Å². The third-order valence-corrected chi connectivity index (χ3v) is 5.81. The minimum atomic E-state index is -0.880. The second kappa shape index (κ2) is 14.7. The number of ether oxygens (including phenoxy) is 1. The highest BCUT2D eigenvalue weighted by Gasteiger charge is 2.37. The van der Waals surface area contributed by atoms with Crippen molar-refractivity contribution >= 4 is 24.0 Å². The Morgan fingerprint density at radius 1 is 1.11 bits per heavy atom. The van der Waals surface area contributed by atoms with Crippen molar-refractivity contribution in [1.82, 2.24) is 15.5 Å². The number of alkyl carbamates (subject to hydrolysis) is 1. The minimum Gasteiger partial charge on any atom is -0.444 e. The molecule has 0 aromatic heterocycles. The van der Waals surface area contributed by atoms with E-state index in [9.17, 15) is 14.4 Å². The summed E-state index contributed by atoms with van der Waals surface area (Å²) in [5, 5.41) is 5.67. The van der Waals surface area contributed by atoms with Crippen molar-refractivity contribution in [3.05, 3.63) is 42.0 Å². The standard InChI is InChI=1S/C29H47N3O4/c1-10-12-18-30-26(33)25(24-15-13-14-23(11-2)19-24)32(21(5)17-16-20(3)4)27(34)22(6)31-28(35)36-29(7,8)9/h11,13-15,19-22,25H,2,10,12,16-18H2,1,3-9H3,(H,30,33)(H,31,35). The fraction of sp³-hybridized carbons (Fsp3) is 0.621. The van der Waals surface area contributed by atoms with Gasteiger partial charge in [-0.3, -0.25) is 9.59 Å². The molecule has 0 fully saturated rings. The van der Waals surface area contributed by atoms with E-state index >= 15 is 0 Å². The predicted molar refractivity (Wildman–Crippen MR) is 146 cm³/mol. The monoisotopic (exact) mass is 501 g/mol. The molecule has 0 heterocycles. The number of carbonyl (C=O) groups excluding carboxylic acids is 3. The molecule has 0 aliphatic rings. The molecule has 0 bridgehead atoms. The van der Waals surface area contributed by atoms with Crippen molar-refractivity contribution in [1.29, 1.82) is 0 Å². The van der Waals surface area contributed by atoms with Gasteiger partial charge in [-0.15, -0.1) is 0 Å². The topological polar surface area (TPSA) is 87.7 Å². The van der Waals surface area contributed by atoms with Gasteiger partial charge in [-0.05, 0) is 77.0 Å². The summed E-state index contributed by atoms with van der Waals surface area (Å²) in [5.41, 5.74) is 0.876. The normalized spacial score (nSPS) is 13.9. The van der Waals surface area contributed by atoms with E-state index in [0.717, 1.165) is 31.2 Å². The number of rotatable bonds is 13. The predicted octanol–water partition coefficient (Wildman–Crippen LogP) is 5.85. The Hall–Kier alpha value is -2.83. The van der Waals surface area contributed by atoms with Crippen LogP contribution in [0.15, 0.2) is 30.8 Å². The molecule has 0 saturated carbocycles. The lowest BCUT2D eigenvalue weighted by atomic mass is 9.96. The molecule has 1 aromatic carbocycles. The number of nitrogens with one attached hydrogen (secondary N) is 2. The molecule has 1 aromatic rings. The number of hydrogen-bond acceptors (Lipinski definition) is 4. The maximum atomic E-state index is 13.9. The molecule has 2 N–H and O–H groups in total. The Morgan fingerprint density at radius 2 is 1.78 bits per heavy atom. The molecule has 3 unspecified atom stereocenters. The summed E-state index contributed by atoms with van der Waals surface area (Å²) in [6.07, 6.45) is 4.46. The van der Waals surface area contributed by atoms with Crippen molar-refractivity contribution in [2.24, 2.45) is 5.92 Å². The smallest absolute Gasteiger partial charge is 0.408 e. The first-order chi connectivity index (χ1) is 16.8. The number of benzene rings is 1. The Balaban J connectivity index is 3.45. The zero-order valence-corrected chi connectivity index (χ0v) is 23.5. The number of unbranched alkanes of at least 4 members (excludes halogenated alkanes) is 1. The Bertz CT molecular complexity index is 876. The van der Waals surface area contributed by atoms with Crippen LogP contribution in [-0.2, 0) is 14.3 Å². The van der Waals surface area contributed by atoms with Crippen molar-refractivity contribution in [2.75, 3.05) is 6.54 Å². The number of carbonyl (C=O) groups is 3. The van der Waals surface area contributed by atoms with Gasteiger partial charge in [-0.2, -0.15) is 0 Å². The molecule has 0 spiro atoms. The van der Waals surface area contributed by atoms with Gasteiger partial charge in [-0.1, -0.05) is 58.0 Å². The highest BCUT2D eigenvalue weighted by Crippen LogP contribution is 2.28. The summed E-state index contributed by atoms with van der Waals surface area (Å²) >= 11 is 0. The summed E-state index contributed by atoms with van der Waals surface area (Å²) in [4.78, 5) is 41.5. The van der Waals surface area contributed by atoms with E-state index in [2.05, 4.69) is 38.0 Å². The van der Waals surface area contributed by atoms with Crippen LogP contribution in [0, 0.1) is 5.92 Å². The average molecular weight is 502 g/mol. The summed E-state index contributed by atoms with van der Waals surface area (Å²) in [6.45, 7) is 19.6. The molecule has 0 saturated heterocycles. The highest BCUT2D eigenvalue weighted by molar-refractivity contribution is 5.92. The first-order valence-electron chi connectivity index (χ1n) is 13.1. The van der Waals surface area contributed by atoms with Gasteiger partial charge in [-0.25, -0.2) is 4.79 Å². The molecule has 0 aliphatic carbocycles. The summed E-state index contributed by atoms with van der Waals surface area (Å²) < 4.78 is 5.35. The lowest BCUT2D eigenvalue weighted by molar-refractivity contribution is -0.144. The third kappa shape index (κ3) is 10.4. The van der Waals surface area contributed by atoms with Crippen molar-refractivity contribution < 1.29 is 19.1 Å². The lowest BCUT2D eigenvalue weighted by Gasteiger charge is -2.38. The van der Waals surface area contributed by atoms with Crippen LogP contribution in [0.3, 0.4) is 0 Å². The van der Waals surface area contributed by atoms with Crippen LogP contribution in [-0.4, -0.2) is 47.0 Å². The van der Waals surface area contributed by atoms with Gasteiger partial charge < -0.3 is 20.3 Å². The first-order valence-corrected chi connectivity index (χ1v) is 13.1. The van der Waals surface area contributed by atoms with E-state index < -0.39 is 23.8 Å². The highest BCUT2D eigenvalue weighted by atomic mass is 16.6. The van der Waals surface area contributed by atoms with Crippen LogP contribution in [0.2, 0.25) is 0 Å². The molecule has 7 heteroatoms. The van der Waals surface area contributed by atoms with Crippen LogP contribution < -0.4 is 10.6 Å². The molecular formula is C29H47N3O4. The Morgan fingerprint density at radius 3 is 2.33 bits per heavy atom. The molecule has 0 aliphatic heterocycles. The fourth-order valence-corrected chi connectivity index (χ4v) is 3.86. The summed E-state index contributed by atoms with van der Waals surface area (Å²) in [6, 6.07) is 5.55. The van der Waals surface area contributed by atoms with Crippen LogP contribution in [0.25, 0.3) is 6.08 Å². The van der Waals surface area contributed by atoms with E-state index in [1.165, 1.54) is 0 Å². The summed E-state index contributed by atoms with van der Waals surface area (Å²) in [7, 11) is 0. The fourth-order valence-electron chi connectivity index (χ4n) is 3.86. The molecule has 0 radical (unpaired) electrons. The molecular weight excluding hydrogens is 454 g/mol. The van der Waals surface area contributed by atoms with Crippen molar-refractivity contribution in [3.63, 3.8) is 0 Å². The molecule has 3 atom stereocenters. The van der Waals surface area contributed by atoms with E-state index in [-0.39, 0.29) is 17.9 Å². The Kier molecular flexibility index (Phi) is 12.7. The van der Waals surface area contributed by atoms with Crippen LogP contribution >= 0.6 is 0 Å². The number of nitrogens with zero attached hydrogens (tertiary/aromatic N) is 1. The van der Waals surface area contributed by atoms with Gasteiger partial charge in [0.25, 0.3) is 0 Å². The zero-order chi connectivity index (χ0) is 27.5. The molecule has 3 amide bonds. The van der Waals surface area contributed by atoms with Gasteiger partial charge in [0.1, 0.15) is 17.7 Å². The van der Waals surface area contributed by atoms with E-state index in [1.807, 2.05) is 31.2 Å². The van der Waals surface area contributed by atoms with Gasteiger partial charge in [0.05, 0.1) is 0 Å². The second-order valence-electron chi connectivity index (χ2n) is 10.9. The van der Waals surface area contributed by atoms with Gasteiger partial charge >= 0.3 is 6.09 Å². The van der Waals surface area contributed by atoms with Crippen molar-refractivity contribution in [2.45, 2.75) is 105 Å².